The molecule has 1 aromatic carbocycles. The first-order valence-electron chi connectivity index (χ1n) is 6.58. The molecular weight excluding hydrogens is 262 g/mol. The van der Waals surface area contributed by atoms with E-state index in [1.807, 2.05) is 32.9 Å². The highest BCUT2D eigenvalue weighted by molar-refractivity contribution is 7.89. The van der Waals surface area contributed by atoms with Crippen molar-refractivity contribution in [2.75, 3.05) is 13.2 Å². The van der Waals surface area contributed by atoms with Crippen LogP contribution in [0.25, 0.3) is 0 Å². The third kappa shape index (κ3) is 2.55. The van der Waals surface area contributed by atoms with Crippen LogP contribution in [0.5, 0.6) is 0 Å². The molecule has 106 valence electrons. The van der Waals surface area contributed by atoms with Crippen molar-refractivity contribution in [2.24, 2.45) is 5.92 Å². The van der Waals surface area contributed by atoms with Crippen molar-refractivity contribution in [1.29, 1.82) is 0 Å². The first kappa shape index (κ1) is 14.5. The maximum absolute atomic E-state index is 12.7. The summed E-state index contributed by atoms with van der Waals surface area (Å²) in [5.41, 5.74) is 1.81. The zero-order chi connectivity index (χ0) is 14.2. The van der Waals surface area contributed by atoms with Crippen LogP contribution in [0.4, 0.5) is 0 Å². The van der Waals surface area contributed by atoms with Gasteiger partial charge in [0.05, 0.1) is 17.5 Å². The molecule has 1 N–H and O–H groups in total. The molecule has 0 spiro atoms. The fourth-order valence-electron chi connectivity index (χ4n) is 2.76. The molecule has 0 bridgehead atoms. The molecule has 0 radical (unpaired) electrons. The lowest BCUT2D eigenvalue weighted by Crippen LogP contribution is -2.40. The van der Waals surface area contributed by atoms with Crippen molar-refractivity contribution in [3.05, 3.63) is 29.3 Å². The highest BCUT2D eigenvalue weighted by Crippen LogP contribution is 2.31. The van der Waals surface area contributed by atoms with Gasteiger partial charge >= 0.3 is 0 Å². The van der Waals surface area contributed by atoms with E-state index in [1.54, 1.807) is 6.07 Å². The number of aliphatic hydroxyl groups excluding tert-OH is 1. The Kier molecular flexibility index (Phi) is 3.99. The van der Waals surface area contributed by atoms with Crippen LogP contribution in [-0.2, 0) is 10.0 Å². The third-order valence-electron chi connectivity index (χ3n) is 3.94. The van der Waals surface area contributed by atoms with Gasteiger partial charge in [0, 0.05) is 6.54 Å². The van der Waals surface area contributed by atoms with Crippen LogP contribution in [0, 0.1) is 19.8 Å². The Balaban J connectivity index is 2.42. The highest BCUT2D eigenvalue weighted by atomic mass is 32.2. The Morgan fingerprint density at radius 2 is 2.05 bits per heavy atom. The monoisotopic (exact) mass is 283 g/mol. The predicted octanol–water partition coefficient (Wildman–Crippen LogP) is 1.69. The molecule has 2 unspecified atom stereocenters. The van der Waals surface area contributed by atoms with Crippen molar-refractivity contribution in [1.82, 2.24) is 4.31 Å². The Morgan fingerprint density at radius 3 is 2.63 bits per heavy atom. The normalized spacial score (nSPS) is 24.8. The van der Waals surface area contributed by atoms with Gasteiger partial charge in [0.15, 0.2) is 0 Å². The SMILES string of the molecule is Cc1ccc(S(=O)(=O)N2CCC(C)C2CO)c(C)c1. The predicted molar refractivity (Wildman–Crippen MR) is 74.5 cm³/mol. The number of hydrogen-bond donors (Lipinski definition) is 1. The molecule has 0 amide bonds. The second kappa shape index (κ2) is 5.23. The van der Waals surface area contributed by atoms with Gasteiger partial charge in [0.1, 0.15) is 0 Å². The zero-order valence-corrected chi connectivity index (χ0v) is 12.4. The Labute approximate surface area is 115 Å². The van der Waals surface area contributed by atoms with Crippen LogP contribution in [-0.4, -0.2) is 37.0 Å². The second-order valence-electron chi connectivity index (χ2n) is 5.40. The molecule has 2 rings (SSSR count). The number of sulfonamides is 1. The molecule has 0 saturated carbocycles. The van der Waals surface area contributed by atoms with E-state index in [2.05, 4.69) is 0 Å². The van der Waals surface area contributed by atoms with Crippen molar-refractivity contribution < 1.29 is 13.5 Å². The first-order valence-corrected chi connectivity index (χ1v) is 8.02. The number of aryl methyl sites for hydroxylation is 2. The van der Waals surface area contributed by atoms with Crippen LogP contribution >= 0.6 is 0 Å². The molecule has 19 heavy (non-hydrogen) atoms. The summed E-state index contributed by atoms with van der Waals surface area (Å²) in [5.74, 6) is 0.200. The van der Waals surface area contributed by atoms with Crippen LogP contribution in [0.15, 0.2) is 23.1 Å². The topological polar surface area (TPSA) is 57.6 Å². The highest BCUT2D eigenvalue weighted by Gasteiger charge is 2.39. The van der Waals surface area contributed by atoms with Crippen LogP contribution in [0.1, 0.15) is 24.5 Å². The van der Waals surface area contributed by atoms with Gasteiger partial charge in [0.2, 0.25) is 10.0 Å². The van der Waals surface area contributed by atoms with Gasteiger partial charge in [-0.15, -0.1) is 0 Å². The summed E-state index contributed by atoms with van der Waals surface area (Å²) in [6.45, 7) is 6.11. The summed E-state index contributed by atoms with van der Waals surface area (Å²) in [4.78, 5) is 0.352. The summed E-state index contributed by atoms with van der Waals surface area (Å²) < 4.78 is 26.8. The third-order valence-corrected chi connectivity index (χ3v) is 6.02. The largest absolute Gasteiger partial charge is 0.395 e. The van der Waals surface area contributed by atoms with Crippen molar-refractivity contribution in [2.45, 2.75) is 38.1 Å². The molecular formula is C14H21NO3S. The first-order chi connectivity index (χ1) is 8.87. The Morgan fingerprint density at radius 1 is 1.37 bits per heavy atom. The quantitative estimate of drug-likeness (QED) is 0.918. The van der Waals surface area contributed by atoms with Crippen molar-refractivity contribution >= 4 is 10.0 Å². The smallest absolute Gasteiger partial charge is 0.243 e. The Bertz CT molecular complexity index is 568. The molecule has 1 aliphatic rings. The minimum atomic E-state index is -3.51. The van der Waals surface area contributed by atoms with E-state index < -0.39 is 10.0 Å². The molecule has 1 heterocycles. The zero-order valence-electron chi connectivity index (χ0n) is 11.6. The fraction of sp³-hybridized carbons (Fsp3) is 0.571. The van der Waals surface area contributed by atoms with Crippen LogP contribution < -0.4 is 0 Å². The number of aliphatic hydroxyl groups is 1. The summed E-state index contributed by atoms with van der Waals surface area (Å²) in [6, 6.07) is 5.05. The van der Waals surface area contributed by atoms with Crippen molar-refractivity contribution in [3.63, 3.8) is 0 Å². The van der Waals surface area contributed by atoms with Gasteiger partial charge in [0.25, 0.3) is 0 Å². The number of rotatable bonds is 3. The molecule has 0 aromatic heterocycles. The molecule has 5 heteroatoms. The number of nitrogens with zero attached hydrogens (tertiary/aromatic N) is 1. The van der Waals surface area contributed by atoms with Gasteiger partial charge < -0.3 is 5.11 Å². The molecule has 1 fully saturated rings. The lowest BCUT2D eigenvalue weighted by Gasteiger charge is -2.25. The van der Waals surface area contributed by atoms with Gasteiger partial charge in [-0.25, -0.2) is 8.42 Å². The van der Waals surface area contributed by atoms with Gasteiger partial charge in [-0.1, -0.05) is 24.6 Å². The van der Waals surface area contributed by atoms with Crippen LogP contribution in [0.3, 0.4) is 0 Å². The molecule has 2 atom stereocenters. The fourth-order valence-corrected chi connectivity index (χ4v) is 4.69. The van der Waals surface area contributed by atoms with E-state index in [9.17, 15) is 13.5 Å². The second-order valence-corrected chi connectivity index (χ2v) is 7.26. The van der Waals surface area contributed by atoms with Gasteiger partial charge in [-0.3, -0.25) is 0 Å². The van der Waals surface area contributed by atoms with E-state index in [0.717, 1.165) is 17.5 Å². The lowest BCUT2D eigenvalue weighted by atomic mass is 10.0. The average molecular weight is 283 g/mol. The Hall–Kier alpha value is -0.910. The van der Waals surface area contributed by atoms with Gasteiger partial charge in [-0.2, -0.15) is 4.31 Å². The number of benzene rings is 1. The van der Waals surface area contributed by atoms with Gasteiger partial charge in [-0.05, 0) is 37.8 Å². The van der Waals surface area contributed by atoms with E-state index in [1.165, 1.54) is 4.31 Å². The van der Waals surface area contributed by atoms with E-state index in [4.69, 9.17) is 0 Å². The summed E-state index contributed by atoms with van der Waals surface area (Å²) >= 11 is 0. The van der Waals surface area contributed by atoms with E-state index in [-0.39, 0.29) is 18.6 Å². The maximum atomic E-state index is 12.7. The van der Waals surface area contributed by atoms with E-state index >= 15 is 0 Å². The summed E-state index contributed by atoms with van der Waals surface area (Å²) in [6.07, 6.45) is 0.801. The van der Waals surface area contributed by atoms with E-state index in [0.29, 0.717) is 11.4 Å². The van der Waals surface area contributed by atoms with Crippen molar-refractivity contribution in [3.8, 4) is 0 Å². The lowest BCUT2D eigenvalue weighted by molar-refractivity contribution is 0.191. The molecule has 1 saturated heterocycles. The molecule has 4 nitrogen and oxygen atoms in total. The summed E-state index contributed by atoms with van der Waals surface area (Å²) in [5, 5.41) is 9.42. The molecule has 1 aromatic rings. The van der Waals surface area contributed by atoms with Crippen LogP contribution in [0.2, 0.25) is 0 Å². The minimum Gasteiger partial charge on any atom is -0.395 e. The minimum absolute atomic E-state index is 0.120. The standard InChI is InChI=1S/C14H21NO3S/c1-10-4-5-14(12(3)8-10)19(17,18)15-7-6-11(2)13(15)9-16/h4-5,8,11,13,16H,6-7,9H2,1-3H3. The molecule has 1 aliphatic heterocycles. The average Bonchev–Trinajstić information content (AvgIpc) is 2.70. The maximum Gasteiger partial charge on any atom is 0.243 e. The molecule has 0 aliphatic carbocycles. The number of hydrogen-bond acceptors (Lipinski definition) is 3. The summed E-state index contributed by atoms with van der Waals surface area (Å²) in [7, 11) is -3.51.